The molecule has 0 saturated carbocycles. The first-order valence-electron chi connectivity index (χ1n) is 9.75. The van der Waals surface area contributed by atoms with E-state index in [-0.39, 0.29) is 11.8 Å². The van der Waals surface area contributed by atoms with Crippen molar-refractivity contribution in [1.82, 2.24) is 0 Å². The van der Waals surface area contributed by atoms with Crippen LogP contribution in [-0.2, 0) is 14.4 Å². The molecule has 6 heteroatoms. The van der Waals surface area contributed by atoms with Crippen molar-refractivity contribution in [2.24, 2.45) is 5.92 Å². The van der Waals surface area contributed by atoms with Gasteiger partial charge in [0.1, 0.15) is 5.92 Å². The highest BCUT2D eigenvalue weighted by Gasteiger charge is 2.60. The van der Waals surface area contributed by atoms with E-state index in [4.69, 9.17) is 4.84 Å². The Labute approximate surface area is 183 Å². The van der Waals surface area contributed by atoms with Gasteiger partial charge in [0.05, 0.1) is 17.4 Å². The molecule has 2 amide bonds. The predicted octanol–water partition coefficient (Wildman–Crippen LogP) is 4.81. The Kier molecular flexibility index (Phi) is 4.68. The summed E-state index contributed by atoms with van der Waals surface area (Å²) in [5.74, 6) is -1.20. The molecule has 0 bridgehead atoms. The monoisotopic (exact) mass is 462 g/mol. The number of imide groups is 1. The summed E-state index contributed by atoms with van der Waals surface area (Å²) in [5.41, 5.74) is 3.43. The number of rotatable bonds is 3. The maximum absolute atomic E-state index is 13.5. The Hall–Kier alpha value is -2.96. The molecule has 150 valence electrons. The van der Waals surface area contributed by atoms with Crippen LogP contribution in [0.2, 0.25) is 0 Å². The van der Waals surface area contributed by atoms with Gasteiger partial charge in [-0.05, 0) is 42.8 Å². The Bertz CT molecular complexity index is 1120. The van der Waals surface area contributed by atoms with Gasteiger partial charge >= 0.3 is 0 Å². The van der Waals surface area contributed by atoms with Crippen molar-refractivity contribution in [3.05, 3.63) is 94.5 Å². The van der Waals surface area contributed by atoms with E-state index in [1.165, 1.54) is 4.90 Å². The van der Waals surface area contributed by atoms with Gasteiger partial charge in [-0.25, -0.2) is 9.96 Å². The average Bonchev–Trinajstić information content (AvgIpc) is 3.26. The summed E-state index contributed by atoms with van der Waals surface area (Å²) in [7, 11) is 0. The second-order valence-corrected chi connectivity index (χ2v) is 8.48. The fourth-order valence-electron chi connectivity index (χ4n) is 4.19. The van der Waals surface area contributed by atoms with Gasteiger partial charge in [0, 0.05) is 4.47 Å². The summed E-state index contributed by atoms with van der Waals surface area (Å²) in [5, 5.41) is 1.72. The largest absolute Gasteiger partial charge is 0.273 e. The predicted molar refractivity (Wildman–Crippen MR) is 118 cm³/mol. The zero-order valence-corrected chi connectivity index (χ0v) is 17.8. The van der Waals surface area contributed by atoms with Gasteiger partial charge in [-0.1, -0.05) is 70.0 Å². The number of benzene rings is 3. The van der Waals surface area contributed by atoms with Crippen LogP contribution >= 0.6 is 15.9 Å². The highest BCUT2D eigenvalue weighted by atomic mass is 79.9. The number of hydroxylamine groups is 1. The summed E-state index contributed by atoms with van der Waals surface area (Å²) in [4.78, 5) is 34.2. The molecule has 2 heterocycles. The minimum absolute atomic E-state index is 0.243. The number of nitrogens with zero attached hydrogens (tertiary/aromatic N) is 2. The molecule has 0 spiro atoms. The third-order valence-corrected chi connectivity index (χ3v) is 6.10. The molecular formula is C24H19BrN2O3. The topological polar surface area (TPSA) is 49.9 Å². The van der Waals surface area contributed by atoms with Crippen LogP contribution in [0.25, 0.3) is 0 Å². The molecule has 2 fully saturated rings. The van der Waals surface area contributed by atoms with Crippen LogP contribution in [0.5, 0.6) is 0 Å². The van der Waals surface area contributed by atoms with Crippen molar-refractivity contribution >= 4 is 39.1 Å². The fourth-order valence-corrected chi connectivity index (χ4v) is 4.57. The molecule has 2 aliphatic rings. The maximum Gasteiger partial charge on any atom is 0.266 e. The quantitative estimate of drug-likeness (QED) is 0.524. The molecule has 0 N–H and O–H groups in total. The number of fused-ring (bicyclic) bond motifs is 1. The first kappa shape index (κ1) is 19.0. The fraction of sp³-hybridized carbons (Fsp3) is 0.167. The van der Waals surface area contributed by atoms with Gasteiger partial charge in [-0.15, -0.1) is 0 Å². The highest BCUT2D eigenvalue weighted by molar-refractivity contribution is 9.10. The van der Waals surface area contributed by atoms with E-state index in [0.29, 0.717) is 5.69 Å². The standard InChI is InChI=1S/C24H19BrN2O3/c1-15-10-12-16(13-11-15)21-20-22(30-27(21)18-7-3-2-4-8-18)24(29)26(23(20)28)19-9-5-6-17(25)14-19/h2-14,20-22H,1H3/t20-,21+,22-/m0/s1. The second-order valence-electron chi connectivity index (χ2n) is 7.56. The number of para-hydroxylation sites is 1. The average molecular weight is 463 g/mol. The molecule has 3 aromatic rings. The molecule has 2 aliphatic heterocycles. The lowest BCUT2D eigenvalue weighted by Gasteiger charge is -2.28. The number of hydrogen-bond acceptors (Lipinski definition) is 4. The number of halogens is 1. The van der Waals surface area contributed by atoms with Crippen LogP contribution in [0.1, 0.15) is 17.2 Å². The van der Waals surface area contributed by atoms with E-state index >= 15 is 0 Å². The minimum atomic E-state index is -0.858. The number of carbonyl (C=O) groups excluding carboxylic acids is 2. The first-order valence-corrected chi connectivity index (χ1v) is 10.5. The SMILES string of the molecule is Cc1ccc([C@@H]2[C@@H]3C(=O)N(c4cccc(Br)c4)C(=O)[C@H]3ON2c2ccccc2)cc1. The third-order valence-electron chi connectivity index (χ3n) is 5.61. The summed E-state index contributed by atoms with van der Waals surface area (Å²) in [6.45, 7) is 2.02. The number of aryl methyl sites for hydroxylation is 1. The Morgan fingerprint density at radius 1 is 0.833 bits per heavy atom. The smallest absolute Gasteiger partial charge is 0.266 e. The van der Waals surface area contributed by atoms with E-state index in [2.05, 4.69) is 15.9 Å². The molecule has 0 radical (unpaired) electrons. The molecule has 0 unspecified atom stereocenters. The van der Waals surface area contributed by atoms with E-state index in [9.17, 15) is 9.59 Å². The van der Waals surface area contributed by atoms with Crippen LogP contribution in [0.4, 0.5) is 11.4 Å². The highest BCUT2D eigenvalue weighted by Crippen LogP contribution is 2.47. The molecule has 5 rings (SSSR count). The van der Waals surface area contributed by atoms with Crippen molar-refractivity contribution in [3.63, 3.8) is 0 Å². The van der Waals surface area contributed by atoms with Gasteiger partial charge in [0.2, 0.25) is 5.91 Å². The lowest BCUT2D eigenvalue weighted by molar-refractivity contribution is -0.126. The van der Waals surface area contributed by atoms with E-state index in [1.54, 1.807) is 17.2 Å². The van der Waals surface area contributed by atoms with Gasteiger partial charge in [0.25, 0.3) is 5.91 Å². The van der Waals surface area contributed by atoms with Gasteiger partial charge < -0.3 is 0 Å². The molecule has 5 nitrogen and oxygen atoms in total. The van der Waals surface area contributed by atoms with Crippen LogP contribution in [-0.4, -0.2) is 17.9 Å². The van der Waals surface area contributed by atoms with E-state index in [0.717, 1.165) is 21.3 Å². The zero-order chi connectivity index (χ0) is 20.8. The third kappa shape index (κ3) is 3.04. The first-order chi connectivity index (χ1) is 14.5. The molecule has 30 heavy (non-hydrogen) atoms. The second kappa shape index (κ2) is 7.38. The number of anilines is 2. The molecular weight excluding hydrogens is 444 g/mol. The summed E-state index contributed by atoms with van der Waals surface area (Å²) in [6.07, 6.45) is -0.858. The maximum atomic E-state index is 13.5. The summed E-state index contributed by atoms with van der Waals surface area (Å²) >= 11 is 3.42. The number of hydrogen-bond donors (Lipinski definition) is 0. The molecule has 2 saturated heterocycles. The lowest BCUT2D eigenvalue weighted by Crippen LogP contribution is -2.37. The lowest BCUT2D eigenvalue weighted by atomic mass is 9.90. The molecule has 3 aromatic carbocycles. The zero-order valence-electron chi connectivity index (χ0n) is 16.2. The molecule has 0 aromatic heterocycles. The van der Waals surface area contributed by atoms with Gasteiger partial charge in [-0.3, -0.25) is 14.4 Å². The van der Waals surface area contributed by atoms with Crippen LogP contribution in [0.3, 0.4) is 0 Å². The van der Waals surface area contributed by atoms with Crippen LogP contribution in [0, 0.1) is 12.8 Å². The summed E-state index contributed by atoms with van der Waals surface area (Å²) < 4.78 is 0.805. The van der Waals surface area contributed by atoms with E-state index in [1.807, 2.05) is 73.7 Å². The van der Waals surface area contributed by atoms with Crippen molar-refractivity contribution in [3.8, 4) is 0 Å². The summed E-state index contributed by atoms with van der Waals surface area (Å²) in [6, 6.07) is 24.4. The van der Waals surface area contributed by atoms with Crippen molar-refractivity contribution < 1.29 is 14.4 Å². The Balaban J connectivity index is 1.59. The van der Waals surface area contributed by atoms with E-state index < -0.39 is 18.1 Å². The van der Waals surface area contributed by atoms with Crippen LogP contribution in [0.15, 0.2) is 83.3 Å². The molecule has 3 atom stereocenters. The van der Waals surface area contributed by atoms with Gasteiger partial charge in [0.15, 0.2) is 6.10 Å². The number of amides is 2. The van der Waals surface area contributed by atoms with Gasteiger partial charge in [-0.2, -0.15) is 0 Å². The Morgan fingerprint density at radius 3 is 2.23 bits per heavy atom. The minimum Gasteiger partial charge on any atom is -0.273 e. The normalized spacial score (nSPS) is 23.2. The number of carbonyl (C=O) groups is 2. The van der Waals surface area contributed by atoms with Crippen molar-refractivity contribution in [2.45, 2.75) is 19.1 Å². The van der Waals surface area contributed by atoms with Crippen molar-refractivity contribution in [1.29, 1.82) is 0 Å². The Morgan fingerprint density at radius 2 is 1.53 bits per heavy atom. The molecule has 0 aliphatic carbocycles. The van der Waals surface area contributed by atoms with Crippen LogP contribution < -0.4 is 9.96 Å². The van der Waals surface area contributed by atoms with Crippen molar-refractivity contribution in [2.75, 3.05) is 9.96 Å².